The zero-order valence-electron chi connectivity index (χ0n) is 10.2. The molecule has 0 radical (unpaired) electrons. The first-order valence-corrected chi connectivity index (χ1v) is 6.00. The first-order valence-electron chi connectivity index (χ1n) is 6.00. The molecule has 92 valence electrons. The van der Waals surface area contributed by atoms with Crippen LogP contribution >= 0.6 is 0 Å². The van der Waals surface area contributed by atoms with Crippen molar-refractivity contribution in [3.63, 3.8) is 0 Å². The smallest absolute Gasteiger partial charge is 0.151 e. The highest BCUT2D eigenvalue weighted by atomic mass is 16.3. The fourth-order valence-corrected chi connectivity index (χ4v) is 1.94. The second kappa shape index (κ2) is 4.90. The second-order valence-corrected chi connectivity index (χ2v) is 4.17. The summed E-state index contributed by atoms with van der Waals surface area (Å²) in [6.45, 7) is 0. The molecule has 0 atom stereocenters. The molecule has 0 amide bonds. The Bertz CT molecular complexity index is 736. The quantitative estimate of drug-likeness (QED) is 0.703. The van der Waals surface area contributed by atoms with Crippen molar-refractivity contribution in [1.82, 2.24) is 4.98 Å². The highest BCUT2D eigenvalue weighted by Gasteiger charge is 2.03. The number of aliphatic imine (C=N–C) groups is 1. The number of rotatable bonds is 2. The fraction of sp³-hybridized carbons (Fsp3) is 0. The Balaban J connectivity index is 2.02. The van der Waals surface area contributed by atoms with Crippen molar-refractivity contribution in [3.8, 4) is 5.75 Å². The van der Waals surface area contributed by atoms with Gasteiger partial charge in [-0.15, -0.1) is 0 Å². The molecule has 1 heterocycles. The molecule has 3 rings (SSSR count). The number of aromatic hydroxyl groups is 1. The van der Waals surface area contributed by atoms with Gasteiger partial charge in [0.1, 0.15) is 5.75 Å². The summed E-state index contributed by atoms with van der Waals surface area (Å²) >= 11 is 0. The Hall–Kier alpha value is -2.68. The molecule has 0 unspecified atom stereocenters. The first kappa shape index (κ1) is 11.4. The number of aromatic nitrogens is 1. The lowest BCUT2D eigenvalue weighted by molar-refractivity contribution is 0.481. The van der Waals surface area contributed by atoms with Gasteiger partial charge in [0.2, 0.25) is 0 Å². The van der Waals surface area contributed by atoms with Crippen LogP contribution in [0.15, 0.2) is 65.8 Å². The zero-order chi connectivity index (χ0) is 13.1. The molecule has 0 aliphatic rings. The number of pyridine rings is 1. The van der Waals surface area contributed by atoms with Gasteiger partial charge in [0, 0.05) is 23.4 Å². The number of fused-ring (bicyclic) bond motifs is 1. The van der Waals surface area contributed by atoms with Gasteiger partial charge in [-0.2, -0.15) is 0 Å². The molecule has 0 aliphatic heterocycles. The molecule has 0 saturated carbocycles. The second-order valence-electron chi connectivity index (χ2n) is 4.17. The maximum Gasteiger partial charge on any atom is 0.151 e. The minimum Gasteiger partial charge on any atom is -0.507 e. The Morgan fingerprint density at radius 2 is 1.79 bits per heavy atom. The topological polar surface area (TPSA) is 45.5 Å². The molecular formula is C16H12N2O. The molecule has 0 aliphatic carbocycles. The molecule has 0 fully saturated rings. The Morgan fingerprint density at radius 1 is 0.947 bits per heavy atom. The van der Waals surface area contributed by atoms with E-state index in [1.54, 1.807) is 12.4 Å². The lowest BCUT2D eigenvalue weighted by Gasteiger charge is -2.03. The summed E-state index contributed by atoms with van der Waals surface area (Å²) in [5, 5.41) is 12.1. The van der Waals surface area contributed by atoms with Gasteiger partial charge < -0.3 is 5.11 Å². The van der Waals surface area contributed by atoms with E-state index in [9.17, 15) is 5.11 Å². The fourth-order valence-electron chi connectivity index (χ4n) is 1.94. The van der Waals surface area contributed by atoms with Crippen molar-refractivity contribution in [2.24, 2.45) is 4.99 Å². The van der Waals surface area contributed by atoms with Crippen molar-refractivity contribution in [2.45, 2.75) is 0 Å². The van der Waals surface area contributed by atoms with E-state index in [1.165, 1.54) is 0 Å². The highest BCUT2D eigenvalue weighted by Crippen LogP contribution is 2.27. The zero-order valence-corrected chi connectivity index (χ0v) is 10.2. The van der Waals surface area contributed by atoms with E-state index in [0.29, 0.717) is 11.4 Å². The molecule has 19 heavy (non-hydrogen) atoms. The normalized spacial score (nSPS) is 11.2. The number of hydrogen-bond acceptors (Lipinski definition) is 3. The predicted molar refractivity (Wildman–Crippen MR) is 77.1 cm³/mol. The van der Waals surface area contributed by atoms with Gasteiger partial charge in [-0.3, -0.25) is 0 Å². The summed E-state index contributed by atoms with van der Waals surface area (Å²) in [7, 11) is 0. The lowest BCUT2D eigenvalue weighted by Crippen LogP contribution is -1.84. The SMILES string of the molecule is Oc1c(/C=N/c2ccccn2)ccc2ccccc12. The van der Waals surface area contributed by atoms with Crippen LogP contribution < -0.4 is 0 Å². The summed E-state index contributed by atoms with van der Waals surface area (Å²) in [6.07, 6.45) is 3.32. The van der Waals surface area contributed by atoms with E-state index in [0.717, 1.165) is 10.8 Å². The van der Waals surface area contributed by atoms with E-state index in [-0.39, 0.29) is 5.75 Å². The molecule has 3 aromatic rings. The van der Waals surface area contributed by atoms with Crippen LogP contribution in [0.4, 0.5) is 5.82 Å². The number of phenols is 1. The Labute approximate surface area is 110 Å². The number of hydrogen-bond donors (Lipinski definition) is 1. The van der Waals surface area contributed by atoms with Crippen LogP contribution in [0, 0.1) is 0 Å². The number of benzene rings is 2. The molecule has 3 nitrogen and oxygen atoms in total. The van der Waals surface area contributed by atoms with Gasteiger partial charge in [-0.1, -0.05) is 36.4 Å². The molecule has 1 N–H and O–H groups in total. The maximum atomic E-state index is 10.2. The van der Waals surface area contributed by atoms with Crippen LogP contribution in [0.5, 0.6) is 5.75 Å². The standard InChI is InChI=1S/C16H12N2O/c19-16-13(11-18-15-7-3-4-10-17-15)9-8-12-5-1-2-6-14(12)16/h1-11,19H/b18-11+. The van der Waals surface area contributed by atoms with E-state index < -0.39 is 0 Å². The summed E-state index contributed by atoms with van der Waals surface area (Å²) in [4.78, 5) is 8.35. The molecule has 0 bridgehead atoms. The van der Waals surface area contributed by atoms with Gasteiger partial charge >= 0.3 is 0 Å². The summed E-state index contributed by atoms with van der Waals surface area (Å²) in [5.41, 5.74) is 0.685. The Morgan fingerprint density at radius 3 is 2.63 bits per heavy atom. The number of nitrogens with zero attached hydrogens (tertiary/aromatic N) is 2. The van der Waals surface area contributed by atoms with Crippen molar-refractivity contribution in [2.75, 3.05) is 0 Å². The summed E-state index contributed by atoms with van der Waals surface area (Å²) in [5.74, 6) is 0.868. The van der Waals surface area contributed by atoms with E-state index in [1.807, 2.05) is 54.6 Å². The van der Waals surface area contributed by atoms with Crippen LogP contribution in [0.2, 0.25) is 0 Å². The van der Waals surface area contributed by atoms with E-state index in [2.05, 4.69) is 9.98 Å². The molecular weight excluding hydrogens is 236 g/mol. The minimum atomic E-state index is 0.248. The summed E-state index contributed by atoms with van der Waals surface area (Å²) < 4.78 is 0. The van der Waals surface area contributed by atoms with Gasteiger partial charge in [-0.25, -0.2) is 9.98 Å². The molecule has 0 saturated heterocycles. The van der Waals surface area contributed by atoms with Gasteiger partial charge in [0.05, 0.1) is 0 Å². The monoisotopic (exact) mass is 248 g/mol. The number of phenolic OH excluding ortho intramolecular Hbond substituents is 1. The third-order valence-electron chi connectivity index (χ3n) is 2.92. The highest BCUT2D eigenvalue weighted by molar-refractivity contribution is 5.97. The lowest BCUT2D eigenvalue weighted by atomic mass is 10.1. The van der Waals surface area contributed by atoms with Crippen LogP contribution in [-0.2, 0) is 0 Å². The molecule has 0 spiro atoms. The first-order chi connectivity index (χ1) is 9.34. The van der Waals surface area contributed by atoms with Crippen LogP contribution in [0.25, 0.3) is 10.8 Å². The van der Waals surface area contributed by atoms with Crippen molar-refractivity contribution < 1.29 is 5.11 Å². The largest absolute Gasteiger partial charge is 0.507 e. The van der Waals surface area contributed by atoms with Crippen molar-refractivity contribution in [3.05, 3.63) is 66.4 Å². The maximum absolute atomic E-state index is 10.2. The average Bonchev–Trinajstić information content (AvgIpc) is 2.48. The van der Waals surface area contributed by atoms with E-state index >= 15 is 0 Å². The van der Waals surface area contributed by atoms with Gasteiger partial charge in [0.15, 0.2) is 5.82 Å². The van der Waals surface area contributed by atoms with Crippen molar-refractivity contribution in [1.29, 1.82) is 0 Å². The minimum absolute atomic E-state index is 0.248. The predicted octanol–water partition coefficient (Wildman–Crippen LogP) is 3.69. The van der Waals surface area contributed by atoms with Crippen LogP contribution in [0.1, 0.15) is 5.56 Å². The van der Waals surface area contributed by atoms with Gasteiger partial charge in [-0.05, 0) is 23.6 Å². The third kappa shape index (κ3) is 2.31. The molecule has 2 aromatic carbocycles. The van der Waals surface area contributed by atoms with Crippen LogP contribution in [-0.4, -0.2) is 16.3 Å². The third-order valence-corrected chi connectivity index (χ3v) is 2.92. The van der Waals surface area contributed by atoms with Gasteiger partial charge in [0.25, 0.3) is 0 Å². The summed E-state index contributed by atoms with van der Waals surface area (Å²) in [6, 6.07) is 17.1. The molecule has 1 aromatic heterocycles. The Kier molecular flexibility index (Phi) is 2.94. The average molecular weight is 248 g/mol. The van der Waals surface area contributed by atoms with E-state index in [4.69, 9.17) is 0 Å². The molecule has 3 heteroatoms. The van der Waals surface area contributed by atoms with Crippen molar-refractivity contribution >= 4 is 22.8 Å². The van der Waals surface area contributed by atoms with Crippen LogP contribution in [0.3, 0.4) is 0 Å².